The molecule has 114 valence electrons. The Morgan fingerprint density at radius 1 is 0.950 bits per heavy atom. The Hall–Kier alpha value is -0.720. The summed E-state index contributed by atoms with van der Waals surface area (Å²) >= 11 is 3.05. The maximum atomic E-state index is 10.0. The molecule has 1 rings (SSSR count). The molecule has 1 aromatic carbocycles. The van der Waals surface area contributed by atoms with Crippen molar-refractivity contribution < 1.29 is 8.55 Å². The van der Waals surface area contributed by atoms with E-state index < -0.39 is 4.92 Å². The molecule has 0 fully saturated rings. The third-order valence-corrected chi connectivity index (χ3v) is 3.08. The van der Waals surface area contributed by atoms with Crippen LogP contribution in [-0.2, 0) is 3.63 Å². The van der Waals surface area contributed by atoms with Crippen LogP contribution in [0.5, 0.6) is 0 Å². The van der Waals surface area contributed by atoms with Crippen molar-refractivity contribution in [2.24, 2.45) is 0 Å². The van der Waals surface area contributed by atoms with Crippen LogP contribution in [0.15, 0.2) is 30.3 Å². The molecule has 0 saturated carbocycles. The van der Waals surface area contributed by atoms with E-state index in [0.717, 1.165) is 0 Å². The Kier molecular flexibility index (Phi) is 8.23. The number of rotatable bonds is 3. The van der Waals surface area contributed by atoms with E-state index in [2.05, 4.69) is 41.5 Å². The van der Waals surface area contributed by atoms with Gasteiger partial charge in [-0.05, 0) is 41.5 Å². The minimum atomic E-state index is -0.417. The highest BCUT2D eigenvalue weighted by Crippen LogP contribution is 2.34. The van der Waals surface area contributed by atoms with Gasteiger partial charge >= 0.3 is 0 Å². The average molecular weight is 317 g/mol. The molecule has 0 aliphatic rings. The van der Waals surface area contributed by atoms with Crippen LogP contribution in [0.4, 0.5) is 5.69 Å². The summed E-state index contributed by atoms with van der Waals surface area (Å²) in [4.78, 5) is 9.59. The van der Waals surface area contributed by atoms with Gasteiger partial charge in [-0.25, -0.2) is 3.63 Å². The highest BCUT2D eigenvalue weighted by molar-refractivity contribution is 8.09. The highest BCUT2D eigenvalue weighted by Gasteiger charge is 2.16. The van der Waals surface area contributed by atoms with Crippen LogP contribution in [-0.4, -0.2) is 14.4 Å². The van der Waals surface area contributed by atoms with E-state index in [4.69, 9.17) is 3.63 Å². The normalized spacial score (nSPS) is 11.5. The lowest BCUT2D eigenvalue weighted by molar-refractivity contribution is -0.384. The monoisotopic (exact) mass is 317 g/mol. The summed E-state index contributed by atoms with van der Waals surface area (Å²) in [6, 6.07) is 7.93. The van der Waals surface area contributed by atoms with Crippen LogP contribution in [0.25, 0.3) is 0 Å². The Bertz CT molecular complexity index is 383. The van der Waals surface area contributed by atoms with Gasteiger partial charge in [-0.15, -0.1) is 0 Å². The molecule has 20 heavy (non-hydrogen) atoms. The van der Waals surface area contributed by atoms with Crippen molar-refractivity contribution in [2.75, 3.05) is 0 Å². The summed E-state index contributed by atoms with van der Waals surface area (Å²) in [5.74, 6) is 0. The summed E-state index contributed by atoms with van der Waals surface area (Å²) in [6.45, 7) is 12.8. The van der Waals surface area contributed by atoms with E-state index in [1.165, 1.54) is 36.2 Å². The molecule has 0 aliphatic carbocycles. The fraction of sp³-hybridized carbons (Fsp3) is 0.571. The van der Waals surface area contributed by atoms with Crippen molar-refractivity contribution >= 4 is 29.8 Å². The van der Waals surface area contributed by atoms with E-state index in [-0.39, 0.29) is 15.2 Å². The zero-order valence-corrected chi connectivity index (χ0v) is 14.5. The van der Waals surface area contributed by atoms with Gasteiger partial charge in [-0.1, -0.05) is 18.2 Å². The van der Waals surface area contributed by atoms with Crippen LogP contribution >= 0.6 is 24.1 Å². The first-order valence-electron chi connectivity index (χ1n) is 6.24. The fourth-order valence-corrected chi connectivity index (χ4v) is 2.54. The summed E-state index contributed by atoms with van der Waals surface area (Å²) in [5.41, 5.74) is 0.137. The second-order valence-corrected chi connectivity index (χ2v) is 9.38. The van der Waals surface area contributed by atoms with Crippen LogP contribution in [0.2, 0.25) is 0 Å². The first kappa shape index (κ1) is 19.3. The van der Waals surface area contributed by atoms with E-state index in [0.29, 0.717) is 0 Å². The standard InChI is InChI=1S/C8H18OS2.C6H5NO2/c1-7(2,3)10-9-11-8(4,5)6;8-7(9)6-4-2-1-3-5-6/h1-6H3;1-5H. The fourth-order valence-electron chi connectivity index (χ4n) is 0.771. The van der Waals surface area contributed by atoms with Crippen molar-refractivity contribution in [3.05, 3.63) is 40.4 Å². The van der Waals surface area contributed by atoms with Gasteiger partial charge in [0.25, 0.3) is 5.69 Å². The van der Waals surface area contributed by atoms with E-state index in [1.807, 2.05) is 0 Å². The summed E-state index contributed by atoms with van der Waals surface area (Å²) in [5, 5.41) is 10.0. The van der Waals surface area contributed by atoms with E-state index in [1.54, 1.807) is 18.2 Å². The lowest BCUT2D eigenvalue weighted by Gasteiger charge is -2.20. The third-order valence-electron chi connectivity index (χ3n) is 1.54. The number of nitrogens with zero attached hydrogens (tertiary/aromatic N) is 1. The molecule has 0 aliphatic heterocycles. The molecular formula is C14H23NO3S2. The predicted molar refractivity (Wildman–Crippen MR) is 88.9 cm³/mol. The van der Waals surface area contributed by atoms with Gasteiger partial charge in [-0.2, -0.15) is 0 Å². The zero-order valence-electron chi connectivity index (χ0n) is 12.9. The van der Waals surface area contributed by atoms with Crippen molar-refractivity contribution in [3.63, 3.8) is 0 Å². The molecule has 0 atom stereocenters. The number of para-hydroxylation sites is 1. The molecule has 0 amide bonds. The number of nitro groups is 1. The van der Waals surface area contributed by atoms with Gasteiger partial charge in [0, 0.05) is 45.7 Å². The summed E-state index contributed by atoms with van der Waals surface area (Å²) in [6.07, 6.45) is 0. The highest BCUT2D eigenvalue weighted by atomic mass is 32.2. The van der Waals surface area contributed by atoms with Crippen LogP contribution in [0, 0.1) is 10.1 Å². The molecule has 0 bridgehead atoms. The average Bonchev–Trinajstić information content (AvgIpc) is 2.27. The lowest BCUT2D eigenvalue weighted by Crippen LogP contribution is -2.10. The molecule has 6 heteroatoms. The first-order valence-corrected chi connectivity index (χ1v) is 7.72. The molecule has 0 radical (unpaired) electrons. The largest absolute Gasteiger partial charge is 0.269 e. The molecule has 0 N–H and O–H groups in total. The molecule has 0 saturated heterocycles. The Balaban J connectivity index is 0.000000367. The SMILES string of the molecule is CC(C)(C)SOSC(C)(C)C.O=[N+]([O-])c1ccccc1. The summed E-state index contributed by atoms with van der Waals surface area (Å²) in [7, 11) is 0. The zero-order chi connectivity index (χ0) is 15.8. The van der Waals surface area contributed by atoms with Gasteiger partial charge in [0.15, 0.2) is 0 Å². The molecule has 0 spiro atoms. The number of nitro benzene ring substituents is 1. The number of non-ortho nitro benzene ring substituents is 1. The van der Waals surface area contributed by atoms with Crippen molar-refractivity contribution in [1.82, 2.24) is 0 Å². The Morgan fingerprint density at radius 3 is 1.60 bits per heavy atom. The second-order valence-electron chi connectivity index (χ2n) is 6.05. The maximum Gasteiger partial charge on any atom is 0.269 e. The minimum absolute atomic E-state index is 0.137. The smallest absolute Gasteiger partial charge is 0.258 e. The van der Waals surface area contributed by atoms with Crippen LogP contribution in [0.1, 0.15) is 41.5 Å². The van der Waals surface area contributed by atoms with Gasteiger partial charge in [-0.3, -0.25) is 10.1 Å². The molecule has 1 aromatic rings. The van der Waals surface area contributed by atoms with Gasteiger partial charge < -0.3 is 0 Å². The van der Waals surface area contributed by atoms with Crippen molar-refractivity contribution in [2.45, 2.75) is 51.0 Å². The van der Waals surface area contributed by atoms with Crippen molar-refractivity contribution in [1.29, 1.82) is 0 Å². The predicted octanol–water partition coefficient (Wildman–Crippen LogP) is 5.49. The Morgan fingerprint density at radius 2 is 1.35 bits per heavy atom. The van der Waals surface area contributed by atoms with E-state index in [9.17, 15) is 10.1 Å². The maximum absolute atomic E-state index is 10.0. The molecule has 4 nitrogen and oxygen atoms in total. The first-order chi connectivity index (χ1) is 9.01. The quantitative estimate of drug-likeness (QED) is 0.419. The van der Waals surface area contributed by atoms with Gasteiger partial charge in [0.2, 0.25) is 0 Å². The molecule has 0 aromatic heterocycles. The number of hydrogen-bond acceptors (Lipinski definition) is 5. The second kappa shape index (κ2) is 8.54. The number of hydrogen-bond donors (Lipinski definition) is 0. The minimum Gasteiger partial charge on any atom is -0.258 e. The van der Waals surface area contributed by atoms with E-state index >= 15 is 0 Å². The van der Waals surface area contributed by atoms with Gasteiger partial charge in [0.1, 0.15) is 0 Å². The molecule has 0 heterocycles. The van der Waals surface area contributed by atoms with Crippen LogP contribution in [0.3, 0.4) is 0 Å². The van der Waals surface area contributed by atoms with Gasteiger partial charge in [0.05, 0.1) is 4.92 Å². The number of benzene rings is 1. The molecule has 0 unspecified atom stereocenters. The summed E-state index contributed by atoms with van der Waals surface area (Å²) < 4.78 is 5.78. The lowest BCUT2D eigenvalue weighted by atomic mass is 10.3. The Labute approximate surface area is 130 Å². The van der Waals surface area contributed by atoms with Crippen LogP contribution < -0.4 is 0 Å². The molecular weight excluding hydrogens is 294 g/mol. The van der Waals surface area contributed by atoms with Crippen molar-refractivity contribution in [3.8, 4) is 0 Å². The third kappa shape index (κ3) is 12.3. The topological polar surface area (TPSA) is 52.4 Å².